The molecule has 12 nitrogen and oxygen atoms in total. The second-order valence-corrected chi connectivity index (χ2v) is 14.8. The van der Waals surface area contributed by atoms with E-state index in [1.807, 2.05) is 32.3 Å². The predicted octanol–water partition coefficient (Wildman–Crippen LogP) is 6.83. The number of carbonyl (C=O) groups is 3. The minimum absolute atomic E-state index is 0.00176. The van der Waals surface area contributed by atoms with Gasteiger partial charge in [0.2, 0.25) is 0 Å². The van der Waals surface area contributed by atoms with Gasteiger partial charge in [-0.15, -0.1) is 0 Å². The highest BCUT2D eigenvalue weighted by atomic mass is 19.1. The molecule has 0 bridgehead atoms. The topological polar surface area (TPSA) is 122 Å². The van der Waals surface area contributed by atoms with Gasteiger partial charge in [0.05, 0.1) is 41.1 Å². The van der Waals surface area contributed by atoms with Crippen LogP contribution in [0, 0.1) is 11.7 Å². The van der Waals surface area contributed by atoms with Crippen LogP contribution in [0.15, 0.2) is 48.8 Å². The molecule has 6 rings (SSSR count). The number of fused-ring (bicyclic) bond motifs is 2. The number of aldehydes is 1. The van der Waals surface area contributed by atoms with Crippen molar-refractivity contribution in [3.8, 4) is 11.3 Å². The zero-order valence-electron chi connectivity index (χ0n) is 30.7. The van der Waals surface area contributed by atoms with Crippen molar-refractivity contribution >= 4 is 41.1 Å². The lowest BCUT2D eigenvalue weighted by molar-refractivity contribution is -0.108. The molecule has 1 fully saturated rings. The Morgan fingerprint density at radius 1 is 1.12 bits per heavy atom. The van der Waals surface area contributed by atoms with E-state index in [0.717, 1.165) is 67.9 Å². The molecule has 3 aromatic heterocycles. The number of pyridine rings is 2. The number of ether oxygens (including phenoxy) is 2. The van der Waals surface area contributed by atoms with Gasteiger partial charge in [0.25, 0.3) is 5.91 Å². The van der Waals surface area contributed by atoms with E-state index in [1.165, 1.54) is 12.1 Å². The number of piperidine rings is 1. The Kier molecular flexibility index (Phi) is 11.2. The van der Waals surface area contributed by atoms with Crippen molar-refractivity contribution in [2.45, 2.75) is 71.6 Å². The Bertz CT molecular complexity index is 1930. The first-order valence-electron chi connectivity index (χ1n) is 17.9. The second kappa shape index (κ2) is 15.8. The maximum atomic E-state index is 14.0. The number of anilines is 3. The number of unbranched alkanes of at least 4 members (excludes halogenated alkanes) is 2. The lowest BCUT2D eigenvalue weighted by Gasteiger charge is -2.34. The fraction of sp³-hybridized carbons (Fsp3) is 0.462. The number of benzene rings is 1. The predicted molar refractivity (Wildman–Crippen MR) is 197 cm³/mol. The fourth-order valence-electron chi connectivity index (χ4n) is 6.81. The van der Waals surface area contributed by atoms with E-state index in [9.17, 15) is 18.8 Å². The maximum Gasteiger partial charge on any atom is 0.417 e. The third-order valence-corrected chi connectivity index (χ3v) is 9.30. The third kappa shape index (κ3) is 8.42. The summed E-state index contributed by atoms with van der Waals surface area (Å²) in [7, 11) is 4.02. The number of amides is 2. The van der Waals surface area contributed by atoms with Gasteiger partial charge >= 0.3 is 6.09 Å². The zero-order chi connectivity index (χ0) is 37.0. The van der Waals surface area contributed by atoms with Crippen molar-refractivity contribution in [1.82, 2.24) is 24.2 Å². The minimum Gasteiger partial charge on any atom is -0.443 e. The fourth-order valence-corrected chi connectivity index (χ4v) is 6.81. The molecule has 2 aliphatic heterocycles. The summed E-state index contributed by atoms with van der Waals surface area (Å²) in [5, 5.41) is 3.40. The lowest BCUT2D eigenvalue weighted by Crippen LogP contribution is -2.37. The van der Waals surface area contributed by atoms with Gasteiger partial charge in [-0.2, -0.15) is 0 Å². The quantitative estimate of drug-likeness (QED) is 0.117. The standard InChI is InChI=1S/C39H48FN7O5/c1-39(2,3)52-38(50)47-23-29-28(33-22-41-35-21-27(40)15-18-46(33)35)9-10-30(36(29)37(47)49)42-34-12-11-32(31(43-34)24-44(4)5)45-16-13-26(14-17-45)25-51-20-8-6-7-19-48/h9-12,15,18-19,21-22,26H,6-8,13-14,16-17,20,23-25H2,1-5H3,(H,42,43). The van der Waals surface area contributed by atoms with Crippen molar-refractivity contribution in [3.05, 3.63) is 71.4 Å². The van der Waals surface area contributed by atoms with Crippen LogP contribution in [0.5, 0.6) is 0 Å². The van der Waals surface area contributed by atoms with E-state index in [2.05, 4.69) is 26.2 Å². The molecule has 0 unspecified atom stereocenters. The Morgan fingerprint density at radius 2 is 1.90 bits per heavy atom. The number of imidazole rings is 1. The maximum absolute atomic E-state index is 14.0. The summed E-state index contributed by atoms with van der Waals surface area (Å²) in [4.78, 5) is 52.9. The number of hydrogen-bond acceptors (Lipinski definition) is 10. The van der Waals surface area contributed by atoms with Gasteiger partial charge in [0.1, 0.15) is 29.2 Å². The highest BCUT2D eigenvalue weighted by molar-refractivity contribution is 6.11. The molecule has 4 aromatic rings. The van der Waals surface area contributed by atoms with Crippen LogP contribution in [-0.4, -0.2) is 88.5 Å². The third-order valence-electron chi connectivity index (χ3n) is 9.30. The molecule has 0 atom stereocenters. The molecule has 0 saturated carbocycles. The van der Waals surface area contributed by atoms with Crippen molar-refractivity contribution in [2.24, 2.45) is 5.92 Å². The average Bonchev–Trinajstić information content (AvgIpc) is 3.67. The number of nitrogens with one attached hydrogen (secondary N) is 1. The van der Waals surface area contributed by atoms with Gasteiger partial charge in [0.15, 0.2) is 0 Å². The highest BCUT2D eigenvalue weighted by Gasteiger charge is 2.39. The van der Waals surface area contributed by atoms with E-state index >= 15 is 0 Å². The first-order valence-corrected chi connectivity index (χ1v) is 17.9. The summed E-state index contributed by atoms with van der Waals surface area (Å²) in [5.74, 6) is 0.188. The van der Waals surface area contributed by atoms with Gasteiger partial charge in [-0.25, -0.2) is 24.1 Å². The number of nitrogens with zero attached hydrogens (tertiary/aromatic N) is 6. The van der Waals surface area contributed by atoms with E-state index in [4.69, 9.17) is 14.5 Å². The minimum atomic E-state index is -0.794. The van der Waals surface area contributed by atoms with Crippen LogP contribution in [0.1, 0.15) is 74.5 Å². The molecule has 1 aromatic carbocycles. The van der Waals surface area contributed by atoms with Crippen LogP contribution in [0.25, 0.3) is 16.9 Å². The largest absolute Gasteiger partial charge is 0.443 e. The molecular formula is C39H48FN7O5. The monoisotopic (exact) mass is 713 g/mol. The summed E-state index contributed by atoms with van der Waals surface area (Å²) in [6.07, 6.45) is 7.87. The number of rotatable bonds is 13. The average molecular weight is 714 g/mol. The first kappa shape index (κ1) is 36.9. The highest BCUT2D eigenvalue weighted by Crippen LogP contribution is 2.39. The summed E-state index contributed by atoms with van der Waals surface area (Å²) in [6.45, 7) is 9.12. The molecular weight excluding hydrogens is 665 g/mol. The van der Waals surface area contributed by atoms with Gasteiger partial charge in [0, 0.05) is 57.1 Å². The first-order chi connectivity index (χ1) is 24.9. The summed E-state index contributed by atoms with van der Waals surface area (Å²) in [6, 6.07) is 10.4. The Labute approximate surface area is 303 Å². The van der Waals surface area contributed by atoms with E-state index < -0.39 is 23.4 Å². The smallest absolute Gasteiger partial charge is 0.417 e. The normalized spacial score (nSPS) is 15.1. The van der Waals surface area contributed by atoms with Gasteiger partial charge in [-0.3, -0.25) is 9.20 Å². The van der Waals surface area contributed by atoms with Crippen LogP contribution >= 0.6 is 0 Å². The zero-order valence-corrected chi connectivity index (χ0v) is 30.7. The number of imide groups is 1. The SMILES string of the molecule is CN(C)Cc1nc(Nc2ccc(-c3cnc4cc(F)ccn34)c3c2C(=O)N(C(=O)OC(C)(C)C)C3)ccc1N1CCC(COCCCCC=O)CC1. The van der Waals surface area contributed by atoms with Crippen molar-refractivity contribution in [2.75, 3.05) is 50.6 Å². The molecule has 0 spiro atoms. The molecule has 52 heavy (non-hydrogen) atoms. The Balaban J connectivity index is 1.26. The van der Waals surface area contributed by atoms with Crippen LogP contribution in [0.4, 0.5) is 26.4 Å². The van der Waals surface area contributed by atoms with Crippen LogP contribution in [0.2, 0.25) is 0 Å². The van der Waals surface area contributed by atoms with Gasteiger partial charge in [-0.05, 0) is 96.3 Å². The second-order valence-electron chi connectivity index (χ2n) is 14.8. The van der Waals surface area contributed by atoms with Gasteiger partial charge in [-0.1, -0.05) is 6.07 Å². The van der Waals surface area contributed by atoms with Crippen molar-refractivity contribution in [3.63, 3.8) is 0 Å². The molecule has 0 radical (unpaired) electrons. The van der Waals surface area contributed by atoms with Crippen molar-refractivity contribution in [1.29, 1.82) is 0 Å². The lowest BCUT2D eigenvalue weighted by atomic mass is 9.97. The Morgan fingerprint density at radius 3 is 2.63 bits per heavy atom. The summed E-state index contributed by atoms with van der Waals surface area (Å²) >= 11 is 0. The number of carbonyl (C=O) groups excluding carboxylic acids is 3. The number of halogens is 1. The van der Waals surface area contributed by atoms with Crippen LogP contribution in [0.3, 0.4) is 0 Å². The van der Waals surface area contributed by atoms with E-state index in [1.54, 1.807) is 37.6 Å². The number of hydrogen-bond donors (Lipinski definition) is 1. The van der Waals surface area contributed by atoms with E-state index in [-0.39, 0.29) is 6.54 Å². The molecule has 276 valence electrons. The number of aromatic nitrogens is 3. The van der Waals surface area contributed by atoms with Gasteiger partial charge < -0.3 is 29.4 Å². The van der Waals surface area contributed by atoms with Crippen molar-refractivity contribution < 1.29 is 28.2 Å². The molecule has 13 heteroatoms. The van der Waals surface area contributed by atoms with Crippen LogP contribution < -0.4 is 10.2 Å². The molecule has 1 N–H and O–H groups in total. The Hall–Kier alpha value is -4.88. The molecule has 1 saturated heterocycles. The molecule has 2 amide bonds. The van der Waals surface area contributed by atoms with Crippen LogP contribution in [-0.2, 0) is 27.4 Å². The molecule has 0 aliphatic carbocycles. The summed E-state index contributed by atoms with van der Waals surface area (Å²) in [5.41, 5.74) is 4.46. The molecule has 5 heterocycles. The summed E-state index contributed by atoms with van der Waals surface area (Å²) < 4.78 is 27.3. The van der Waals surface area contributed by atoms with E-state index in [0.29, 0.717) is 65.0 Å². The molecule has 2 aliphatic rings.